The zero-order valence-corrected chi connectivity index (χ0v) is 24.8. The molecule has 0 aliphatic heterocycles. The molecular formula is C30H35N3O7S. The Balaban J connectivity index is 2.11. The molecule has 0 fully saturated rings. The number of methoxy groups -OCH3 is 2. The highest BCUT2D eigenvalue weighted by molar-refractivity contribution is 7.12. The average Bonchev–Trinajstić information content (AvgIpc) is 3.48. The molecule has 3 rings (SSSR count). The van der Waals surface area contributed by atoms with Crippen molar-refractivity contribution in [1.29, 1.82) is 0 Å². The summed E-state index contributed by atoms with van der Waals surface area (Å²) in [7, 11) is 2.97. The molecule has 1 atom stereocenters. The average molecular weight is 582 g/mol. The molecule has 41 heavy (non-hydrogen) atoms. The molecule has 1 heterocycles. The number of hydrogen-bond donors (Lipinski definition) is 2. The Hall–Kier alpha value is -4.38. The molecule has 2 N–H and O–H groups in total. The second-order valence-electron chi connectivity index (χ2n) is 9.95. The lowest BCUT2D eigenvalue weighted by atomic mass is 10.00. The highest BCUT2D eigenvalue weighted by atomic mass is 32.1. The van der Waals surface area contributed by atoms with Crippen LogP contribution in [0.3, 0.4) is 0 Å². The van der Waals surface area contributed by atoms with Crippen LogP contribution >= 0.6 is 11.3 Å². The van der Waals surface area contributed by atoms with E-state index in [1.165, 1.54) is 42.6 Å². The lowest BCUT2D eigenvalue weighted by Gasteiger charge is -2.34. The van der Waals surface area contributed by atoms with Crippen molar-refractivity contribution in [3.8, 4) is 11.5 Å². The summed E-state index contributed by atoms with van der Waals surface area (Å²) in [4.78, 5) is 54.4. The number of nitrogens with zero attached hydrogens (tertiary/aromatic N) is 1. The molecule has 0 radical (unpaired) electrons. The summed E-state index contributed by atoms with van der Waals surface area (Å²) >= 11 is 1.25. The zero-order chi connectivity index (χ0) is 30.2. The molecule has 0 unspecified atom stereocenters. The molecule has 3 aromatic rings. The maximum Gasteiger partial charge on any atom is 0.338 e. The number of ether oxygens (including phenoxy) is 3. The predicted molar refractivity (Wildman–Crippen MR) is 157 cm³/mol. The van der Waals surface area contributed by atoms with Crippen LogP contribution in [-0.2, 0) is 14.3 Å². The summed E-state index contributed by atoms with van der Waals surface area (Å²) in [5, 5.41) is 7.37. The van der Waals surface area contributed by atoms with Gasteiger partial charge in [0.1, 0.15) is 6.04 Å². The van der Waals surface area contributed by atoms with Crippen molar-refractivity contribution in [2.45, 2.75) is 39.3 Å². The number of anilines is 1. The van der Waals surface area contributed by atoms with E-state index in [0.717, 1.165) is 0 Å². The van der Waals surface area contributed by atoms with E-state index in [-0.39, 0.29) is 18.7 Å². The first-order valence-electron chi connectivity index (χ1n) is 12.9. The van der Waals surface area contributed by atoms with Crippen LogP contribution in [0.1, 0.15) is 59.3 Å². The van der Waals surface area contributed by atoms with Crippen LogP contribution in [0.5, 0.6) is 11.5 Å². The number of esters is 1. The summed E-state index contributed by atoms with van der Waals surface area (Å²) in [6.45, 7) is 7.03. The van der Waals surface area contributed by atoms with E-state index >= 15 is 0 Å². The maximum absolute atomic E-state index is 13.9. The Morgan fingerprint density at radius 1 is 0.951 bits per heavy atom. The normalized spacial score (nSPS) is 11.7. The summed E-state index contributed by atoms with van der Waals surface area (Å²) < 4.78 is 15.9. The number of amides is 3. The number of hydrogen-bond acceptors (Lipinski definition) is 8. The molecule has 11 heteroatoms. The van der Waals surface area contributed by atoms with Gasteiger partial charge in [0.05, 0.1) is 37.8 Å². The van der Waals surface area contributed by atoms with E-state index in [9.17, 15) is 19.2 Å². The van der Waals surface area contributed by atoms with Crippen LogP contribution in [0, 0.1) is 0 Å². The maximum atomic E-state index is 13.9. The van der Waals surface area contributed by atoms with Gasteiger partial charge in [0.2, 0.25) is 11.8 Å². The van der Waals surface area contributed by atoms with Gasteiger partial charge in [-0.2, -0.15) is 0 Å². The Kier molecular flexibility index (Phi) is 10.5. The molecule has 0 saturated heterocycles. The number of carbonyl (C=O) groups excluding carboxylic acids is 4. The molecule has 218 valence electrons. The van der Waals surface area contributed by atoms with Crippen molar-refractivity contribution in [1.82, 2.24) is 10.6 Å². The molecule has 3 amide bonds. The molecule has 10 nitrogen and oxygen atoms in total. The molecule has 0 aliphatic rings. The Labute approximate surface area is 243 Å². The second-order valence-corrected chi connectivity index (χ2v) is 10.9. The van der Waals surface area contributed by atoms with Crippen molar-refractivity contribution >= 4 is 40.7 Å². The summed E-state index contributed by atoms with van der Waals surface area (Å²) in [5.41, 5.74) is 0.437. The Bertz CT molecular complexity index is 1370. The first-order chi connectivity index (χ1) is 19.5. The van der Waals surface area contributed by atoms with Gasteiger partial charge in [-0.1, -0.05) is 12.1 Å². The van der Waals surface area contributed by atoms with E-state index in [0.29, 0.717) is 27.6 Å². The Morgan fingerprint density at radius 2 is 1.63 bits per heavy atom. The van der Waals surface area contributed by atoms with Crippen molar-refractivity contribution in [3.05, 3.63) is 76.0 Å². The van der Waals surface area contributed by atoms with Crippen LogP contribution in [0.2, 0.25) is 0 Å². The van der Waals surface area contributed by atoms with Crippen LogP contribution in [0.15, 0.2) is 60.0 Å². The smallest absolute Gasteiger partial charge is 0.338 e. The van der Waals surface area contributed by atoms with Crippen LogP contribution in [0.25, 0.3) is 0 Å². The molecule has 0 saturated carbocycles. The number of nitrogens with one attached hydrogen (secondary N) is 2. The van der Waals surface area contributed by atoms with E-state index in [2.05, 4.69) is 10.6 Å². The van der Waals surface area contributed by atoms with Gasteiger partial charge in [0.15, 0.2) is 11.5 Å². The van der Waals surface area contributed by atoms with E-state index in [1.807, 2.05) is 20.8 Å². The number of benzene rings is 2. The SMILES string of the molecule is CCOC(=O)c1ccc(N(C(=O)CNC(=O)c2cccs2)[C@H](C(=O)NC(C)(C)C)c2ccc(OC)c(OC)c2)cc1. The van der Waals surface area contributed by atoms with Crippen molar-refractivity contribution < 1.29 is 33.4 Å². The van der Waals surface area contributed by atoms with Crippen molar-refractivity contribution in [2.75, 3.05) is 32.3 Å². The first kappa shape index (κ1) is 31.2. The molecule has 0 aliphatic carbocycles. The highest BCUT2D eigenvalue weighted by Crippen LogP contribution is 2.35. The number of thiophene rings is 1. The fraction of sp³-hybridized carbons (Fsp3) is 0.333. The van der Waals surface area contributed by atoms with E-state index in [4.69, 9.17) is 14.2 Å². The monoisotopic (exact) mass is 581 g/mol. The van der Waals surface area contributed by atoms with Crippen molar-refractivity contribution in [3.63, 3.8) is 0 Å². The minimum atomic E-state index is -1.17. The standard InChI is InChI=1S/C30H35N3O7S/c1-7-40-29(37)19-10-13-21(14-11-19)33(25(34)18-31-27(35)24-9-8-16-41-24)26(28(36)32-30(2,3)4)20-12-15-22(38-5)23(17-20)39-6/h8-17,26H,7,18H2,1-6H3,(H,31,35)(H,32,36)/t26-/m0/s1. The lowest BCUT2D eigenvalue weighted by Crippen LogP contribution is -2.51. The third-order valence-corrected chi connectivity index (χ3v) is 6.67. The Morgan fingerprint density at radius 3 is 2.20 bits per heavy atom. The summed E-state index contributed by atoms with van der Waals surface area (Å²) in [5.74, 6) is -1.12. The van der Waals surface area contributed by atoms with Gasteiger partial charge in [-0.3, -0.25) is 19.3 Å². The van der Waals surface area contributed by atoms with Crippen LogP contribution in [0.4, 0.5) is 5.69 Å². The third-order valence-electron chi connectivity index (χ3n) is 5.80. The predicted octanol–water partition coefficient (Wildman–Crippen LogP) is 4.36. The second kappa shape index (κ2) is 13.8. The number of carbonyl (C=O) groups is 4. The molecule has 2 aromatic carbocycles. The summed E-state index contributed by atoms with van der Waals surface area (Å²) in [6, 6.07) is 13.3. The van der Waals surface area contributed by atoms with Crippen LogP contribution < -0.4 is 25.0 Å². The van der Waals surface area contributed by atoms with Gasteiger partial charge >= 0.3 is 5.97 Å². The molecule has 1 aromatic heterocycles. The number of rotatable bonds is 11. The zero-order valence-electron chi connectivity index (χ0n) is 24.0. The third kappa shape index (κ3) is 8.07. The highest BCUT2D eigenvalue weighted by Gasteiger charge is 2.35. The van der Waals surface area contributed by atoms with Gasteiger partial charge in [0, 0.05) is 11.2 Å². The van der Waals surface area contributed by atoms with Gasteiger partial charge in [-0.15, -0.1) is 11.3 Å². The van der Waals surface area contributed by atoms with E-state index in [1.54, 1.807) is 54.8 Å². The van der Waals surface area contributed by atoms with E-state index < -0.39 is 35.3 Å². The lowest BCUT2D eigenvalue weighted by molar-refractivity contribution is -0.127. The minimum absolute atomic E-state index is 0.212. The first-order valence-corrected chi connectivity index (χ1v) is 13.8. The molecule has 0 spiro atoms. The molecule has 0 bridgehead atoms. The van der Waals surface area contributed by atoms with Crippen molar-refractivity contribution in [2.24, 2.45) is 0 Å². The quantitative estimate of drug-likeness (QED) is 0.323. The minimum Gasteiger partial charge on any atom is -0.493 e. The molecular weight excluding hydrogens is 546 g/mol. The van der Waals surface area contributed by atoms with Gasteiger partial charge in [-0.25, -0.2) is 4.79 Å². The van der Waals surface area contributed by atoms with Crippen LogP contribution in [-0.4, -0.2) is 56.6 Å². The fourth-order valence-electron chi connectivity index (χ4n) is 4.02. The largest absolute Gasteiger partial charge is 0.493 e. The van der Waals surface area contributed by atoms with Gasteiger partial charge < -0.3 is 24.8 Å². The van der Waals surface area contributed by atoms with Gasteiger partial charge in [-0.05, 0) is 81.1 Å². The van der Waals surface area contributed by atoms with Gasteiger partial charge in [0.25, 0.3) is 5.91 Å². The topological polar surface area (TPSA) is 123 Å². The fourth-order valence-corrected chi connectivity index (χ4v) is 4.66. The summed E-state index contributed by atoms with van der Waals surface area (Å²) in [6.07, 6.45) is 0.